The third-order valence-electron chi connectivity index (χ3n) is 2.63. The van der Waals surface area contributed by atoms with Gasteiger partial charge in [-0.05, 0) is 31.5 Å². The second-order valence-electron chi connectivity index (χ2n) is 4.52. The standard InChI is InChI=1S/C11H13F2NO3S.C3H6/c1-7(15)14-11(2,18(3,16)17)8-4-5-9(12)10(13)6-8;1-3-2/h4-6H,1-3H3,(H,14,15);3H,1H2,2H3. The quantitative estimate of drug-likeness (QED) is 0.871. The average molecular weight is 319 g/mol. The van der Waals surface area contributed by atoms with Crippen LogP contribution in [0.1, 0.15) is 26.3 Å². The van der Waals surface area contributed by atoms with Gasteiger partial charge < -0.3 is 5.32 Å². The first kappa shape index (κ1) is 19.2. The van der Waals surface area contributed by atoms with Gasteiger partial charge in [-0.3, -0.25) is 4.79 Å². The van der Waals surface area contributed by atoms with Gasteiger partial charge in [-0.2, -0.15) is 0 Å². The Morgan fingerprint density at radius 2 is 1.81 bits per heavy atom. The van der Waals surface area contributed by atoms with Crippen molar-refractivity contribution in [2.24, 2.45) is 0 Å². The van der Waals surface area contributed by atoms with Crippen molar-refractivity contribution in [3.8, 4) is 0 Å². The van der Waals surface area contributed by atoms with Crippen LogP contribution in [0, 0.1) is 11.6 Å². The van der Waals surface area contributed by atoms with E-state index >= 15 is 0 Å². The summed E-state index contributed by atoms with van der Waals surface area (Å²) in [5.74, 6) is -2.85. The van der Waals surface area contributed by atoms with Crippen LogP contribution in [0.4, 0.5) is 8.78 Å². The van der Waals surface area contributed by atoms with E-state index in [2.05, 4.69) is 11.9 Å². The zero-order valence-corrected chi connectivity index (χ0v) is 13.2. The second kappa shape index (κ2) is 7.31. The molecule has 4 nitrogen and oxygen atoms in total. The monoisotopic (exact) mass is 319 g/mol. The van der Waals surface area contributed by atoms with Crippen LogP contribution in [0.3, 0.4) is 0 Å². The van der Waals surface area contributed by atoms with Crippen LogP contribution in [-0.2, 0) is 19.5 Å². The maximum absolute atomic E-state index is 13.2. The van der Waals surface area contributed by atoms with Gasteiger partial charge in [0.15, 0.2) is 26.3 Å². The van der Waals surface area contributed by atoms with Crippen molar-refractivity contribution in [2.75, 3.05) is 6.26 Å². The first-order valence-electron chi connectivity index (χ1n) is 6.00. The number of hydrogen-bond donors (Lipinski definition) is 1. The highest BCUT2D eigenvalue weighted by molar-refractivity contribution is 7.91. The fourth-order valence-electron chi connectivity index (χ4n) is 1.51. The third-order valence-corrected chi connectivity index (χ3v) is 4.45. The number of benzene rings is 1. The Bertz CT molecular complexity index is 629. The molecule has 0 spiro atoms. The normalized spacial score (nSPS) is 13.4. The van der Waals surface area contributed by atoms with E-state index in [0.717, 1.165) is 31.4 Å². The molecule has 1 unspecified atom stereocenters. The Morgan fingerprint density at radius 3 is 2.14 bits per heavy atom. The predicted molar refractivity (Wildman–Crippen MR) is 78.2 cm³/mol. The summed E-state index contributed by atoms with van der Waals surface area (Å²) < 4.78 is 49.5. The molecule has 0 radical (unpaired) electrons. The van der Waals surface area contributed by atoms with Crippen LogP contribution in [0.5, 0.6) is 0 Å². The van der Waals surface area contributed by atoms with Crippen molar-refractivity contribution >= 4 is 15.7 Å². The summed E-state index contributed by atoms with van der Waals surface area (Å²) in [6.07, 6.45) is 2.66. The summed E-state index contributed by atoms with van der Waals surface area (Å²) in [5.41, 5.74) is -0.0425. The molecule has 0 aromatic heterocycles. The SMILES string of the molecule is C=CC.CC(=O)NC(C)(c1ccc(F)c(F)c1)S(C)(=O)=O. The molecule has 0 saturated heterocycles. The van der Waals surface area contributed by atoms with E-state index in [1.807, 2.05) is 6.92 Å². The molecule has 0 aliphatic rings. The zero-order valence-electron chi connectivity index (χ0n) is 12.4. The number of hydrogen-bond acceptors (Lipinski definition) is 3. The lowest BCUT2D eigenvalue weighted by molar-refractivity contribution is -0.120. The molecule has 0 saturated carbocycles. The number of amides is 1. The summed E-state index contributed by atoms with van der Waals surface area (Å²) in [5, 5.41) is 2.24. The second-order valence-corrected chi connectivity index (χ2v) is 6.88. The van der Waals surface area contributed by atoms with E-state index in [0.29, 0.717) is 0 Å². The minimum atomic E-state index is -3.76. The lowest BCUT2D eigenvalue weighted by Crippen LogP contribution is -2.48. The summed E-state index contributed by atoms with van der Waals surface area (Å²) in [6, 6.07) is 2.69. The molecule has 1 atom stereocenters. The molecule has 0 bridgehead atoms. The molecule has 0 aliphatic carbocycles. The van der Waals surface area contributed by atoms with E-state index < -0.39 is 32.2 Å². The number of carbonyl (C=O) groups is 1. The Kier molecular flexibility index (Phi) is 6.69. The van der Waals surface area contributed by atoms with Crippen molar-refractivity contribution in [1.29, 1.82) is 0 Å². The molecule has 21 heavy (non-hydrogen) atoms. The van der Waals surface area contributed by atoms with Gasteiger partial charge in [0.2, 0.25) is 5.91 Å². The molecule has 1 N–H and O–H groups in total. The Labute approximate surface area is 123 Å². The van der Waals surface area contributed by atoms with Crippen LogP contribution >= 0.6 is 0 Å². The number of halogens is 2. The predicted octanol–water partition coefficient (Wildman–Crippen LogP) is 2.51. The van der Waals surface area contributed by atoms with E-state index in [9.17, 15) is 22.0 Å². The van der Waals surface area contributed by atoms with Crippen molar-refractivity contribution in [1.82, 2.24) is 5.32 Å². The number of carbonyl (C=O) groups excluding carboxylic acids is 1. The largest absolute Gasteiger partial charge is 0.334 e. The van der Waals surface area contributed by atoms with E-state index in [-0.39, 0.29) is 5.56 Å². The summed E-state index contributed by atoms with van der Waals surface area (Å²) in [6.45, 7) is 7.61. The first-order valence-corrected chi connectivity index (χ1v) is 7.89. The minimum Gasteiger partial charge on any atom is -0.334 e. The van der Waals surface area contributed by atoms with Crippen LogP contribution in [-0.4, -0.2) is 20.6 Å². The number of allylic oxidation sites excluding steroid dienone is 1. The van der Waals surface area contributed by atoms with Gasteiger partial charge in [0.05, 0.1) is 0 Å². The summed E-state index contributed by atoms with van der Waals surface area (Å²) in [7, 11) is -3.76. The van der Waals surface area contributed by atoms with E-state index in [1.54, 1.807) is 6.08 Å². The molecule has 1 aromatic rings. The van der Waals surface area contributed by atoms with Crippen LogP contribution in [0.15, 0.2) is 30.9 Å². The maximum atomic E-state index is 13.2. The molecule has 0 heterocycles. The fraction of sp³-hybridized carbons (Fsp3) is 0.357. The van der Waals surface area contributed by atoms with Gasteiger partial charge in [0.25, 0.3) is 0 Å². The molecule has 7 heteroatoms. The number of nitrogens with one attached hydrogen (secondary N) is 1. The third kappa shape index (κ3) is 4.93. The highest BCUT2D eigenvalue weighted by Gasteiger charge is 2.39. The van der Waals surface area contributed by atoms with E-state index in [4.69, 9.17) is 0 Å². The molecule has 118 valence electrons. The van der Waals surface area contributed by atoms with Crippen LogP contribution < -0.4 is 5.32 Å². The molecule has 1 aromatic carbocycles. The fourth-order valence-corrected chi connectivity index (χ4v) is 2.39. The van der Waals surface area contributed by atoms with Gasteiger partial charge in [-0.1, -0.05) is 12.1 Å². The van der Waals surface area contributed by atoms with Crippen molar-refractivity contribution in [3.63, 3.8) is 0 Å². The minimum absolute atomic E-state index is 0.0425. The smallest absolute Gasteiger partial charge is 0.218 e. The zero-order chi connectivity index (χ0) is 16.8. The van der Waals surface area contributed by atoms with Crippen LogP contribution in [0.25, 0.3) is 0 Å². The summed E-state index contributed by atoms with van der Waals surface area (Å²) in [4.78, 5) is 9.29. The molecule has 0 fully saturated rings. The molecular formula is C14H19F2NO3S. The lowest BCUT2D eigenvalue weighted by Gasteiger charge is -2.29. The van der Waals surface area contributed by atoms with Gasteiger partial charge in [-0.15, -0.1) is 6.58 Å². The molecule has 0 aliphatic heterocycles. The summed E-state index contributed by atoms with van der Waals surface area (Å²) >= 11 is 0. The molecule has 1 amide bonds. The average Bonchev–Trinajstić information content (AvgIpc) is 2.31. The van der Waals surface area contributed by atoms with Gasteiger partial charge >= 0.3 is 0 Å². The lowest BCUT2D eigenvalue weighted by atomic mass is 10.1. The number of rotatable bonds is 3. The molecular weight excluding hydrogens is 300 g/mol. The highest BCUT2D eigenvalue weighted by Crippen LogP contribution is 2.27. The van der Waals surface area contributed by atoms with Gasteiger partial charge in [0.1, 0.15) is 0 Å². The van der Waals surface area contributed by atoms with Crippen LogP contribution in [0.2, 0.25) is 0 Å². The topological polar surface area (TPSA) is 63.2 Å². The Morgan fingerprint density at radius 1 is 1.33 bits per heavy atom. The van der Waals surface area contributed by atoms with Crippen molar-refractivity contribution < 1.29 is 22.0 Å². The highest BCUT2D eigenvalue weighted by atomic mass is 32.2. The van der Waals surface area contributed by atoms with Crippen molar-refractivity contribution in [3.05, 3.63) is 48.1 Å². The maximum Gasteiger partial charge on any atom is 0.218 e. The van der Waals surface area contributed by atoms with Crippen molar-refractivity contribution in [2.45, 2.75) is 25.6 Å². The number of sulfone groups is 1. The van der Waals surface area contributed by atoms with E-state index in [1.165, 1.54) is 6.92 Å². The molecule has 1 rings (SSSR count). The first-order chi connectivity index (χ1) is 9.49. The Balaban J connectivity index is 0.00000122. The Hall–Kier alpha value is -1.76. The van der Waals surface area contributed by atoms with Gasteiger partial charge in [-0.25, -0.2) is 17.2 Å². The van der Waals surface area contributed by atoms with Gasteiger partial charge in [0, 0.05) is 13.2 Å².